The third-order valence-corrected chi connectivity index (χ3v) is 4.69. The van der Waals surface area contributed by atoms with Gasteiger partial charge in [0.25, 0.3) is 0 Å². The minimum atomic E-state index is -0.407. The molecule has 2 fully saturated rings. The fourth-order valence-electron chi connectivity index (χ4n) is 3.51. The molecule has 6 atom stereocenters. The summed E-state index contributed by atoms with van der Waals surface area (Å²) in [6.07, 6.45) is 2.39. The first-order valence-electron chi connectivity index (χ1n) is 8.42. The van der Waals surface area contributed by atoms with Gasteiger partial charge in [-0.15, -0.1) is 6.58 Å². The van der Waals surface area contributed by atoms with E-state index in [1.54, 1.807) is 14.2 Å². The van der Waals surface area contributed by atoms with Gasteiger partial charge in [0, 0.05) is 19.8 Å². The highest BCUT2D eigenvalue weighted by Crippen LogP contribution is 2.36. The maximum atomic E-state index is 6.21. The molecule has 132 valence electrons. The quantitative estimate of drug-likeness (QED) is 0.749. The summed E-state index contributed by atoms with van der Waals surface area (Å²) in [7, 11) is 3.38. The average Bonchev–Trinajstić information content (AvgIpc) is 2.65. The van der Waals surface area contributed by atoms with Crippen LogP contribution in [0.5, 0.6) is 0 Å². The largest absolute Gasteiger partial charge is 0.376 e. The van der Waals surface area contributed by atoms with Crippen molar-refractivity contribution in [1.29, 1.82) is 0 Å². The zero-order valence-electron chi connectivity index (χ0n) is 14.3. The molecule has 1 aromatic rings. The maximum absolute atomic E-state index is 6.21. The molecule has 0 saturated carbocycles. The van der Waals surface area contributed by atoms with E-state index >= 15 is 0 Å². The molecule has 2 saturated heterocycles. The zero-order valence-corrected chi connectivity index (χ0v) is 14.3. The zero-order chi connectivity index (χ0) is 16.9. The molecule has 1 aromatic carbocycles. The Labute approximate surface area is 143 Å². The molecule has 0 amide bonds. The standard InChI is InChI=1S/C19H26O5/c1-4-5-11-14-16(20-2)18(21-3)17-15(23-14)12-22-19(24-17)13-9-7-6-8-10-13/h4,6-10,14-19H,1,5,11-12H2,2-3H3/t14-,15+,16-,17+,18+,19+/m0/s1. The maximum Gasteiger partial charge on any atom is 0.184 e. The Kier molecular flexibility index (Phi) is 6.03. The summed E-state index contributed by atoms with van der Waals surface area (Å²) in [4.78, 5) is 0. The molecule has 0 N–H and O–H groups in total. The number of fused-ring (bicyclic) bond motifs is 1. The van der Waals surface area contributed by atoms with Crippen molar-refractivity contribution in [2.75, 3.05) is 20.8 Å². The Morgan fingerprint density at radius 1 is 1.12 bits per heavy atom. The lowest BCUT2D eigenvalue weighted by atomic mass is 9.91. The topological polar surface area (TPSA) is 46.2 Å². The number of benzene rings is 1. The van der Waals surface area contributed by atoms with Gasteiger partial charge < -0.3 is 23.7 Å². The van der Waals surface area contributed by atoms with Gasteiger partial charge in [0.2, 0.25) is 0 Å². The molecule has 2 heterocycles. The van der Waals surface area contributed by atoms with E-state index in [1.165, 1.54) is 0 Å². The molecule has 5 nitrogen and oxygen atoms in total. The van der Waals surface area contributed by atoms with E-state index in [-0.39, 0.29) is 30.5 Å². The number of hydrogen-bond donors (Lipinski definition) is 0. The Balaban J connectivity index is 1.76. The smallest absolute Gasteiger partial charge is 0.184 e. The third kappa shape index (κ3) is 3.55. The average molecular weight is 334 g/mol. The molecule has 0 bridgehead atoms. The van der Waals surface area contributed by atoms with Gasteiger partial charge in [0.05, 0.1) is 12.7 Å². The van der Waals surface area contributed by atoms with Crippen molar-refractivity contribution in [3.05, 3.63) is 48.6 Å². The molecule has 0 aliphatic carbocycles. The molecule has 2 aliphatic rings. The van der Waals surface area contributed by atoms with E-state index in [4.69, 9.17) is 23.7 Å². The van der Waals surface area contributed by atoms with Gasteiger partial charge in [-0.3, -0.25) is 0 Å². The second-order valence-electron chi connectivity index (χ2n) is 6.16. The van der Waals surface area contributed by atoms with Crippen molar-refractivity contribution in [2.24, 2.45) is 0 Å². The van der Waals surface area contributed by atoms with Crippen LogP contribution in [0.15, 0.2) is 43.0 Å². The predicted octanol–water partition coefficient (Wildman–Crippen LogP) is 2.86. The second-order valence-corrected chi connectivity index (χ2v) is 6.16. The van der Waals surface area contributed by atoms with Crippen molar-refractivity contribution >= 4 is 0 Å². The Bertz CT molecular complexity index is 520. The van der Waals surface area contributed by atoms with Gasteiger partial charge in [0.1, 0.15) is 24.4 Å². The van der Waals surface area contributed by atoms with Gasteiger partial charge in [-0.1, -0.05) is 36.4 Å². The van der Waals surface area contributed by atoms with Crippen LogP contribution < -0.4 is 0 Å². The van der Waals surface area contributed by atoms with Gasteiger partial charge >= 0.3 is 0 Å². The highest BCUT2D eigenvalue weighted by atomic mass is 16.7. The van der Waals surface area contributed by atoms with Crippen LogP contribution in [0.2, 0.25) is 0 Å². The fraction of sp³-hybridized carbons (Fsp3) is 0.579. The monoisotopic (exact) mass is 334 g/mol. The Morgan fingerprint density at radius 3 is 2.54 bits per heavy atom. The van der Waals surface area contributed by atoms with Crippen molar-refractivity contribution < 1.29 is 23.7 Å². The molecular weight excluding hydrogens is 308 g/mol. The number of hydrogen-bond acceptors (Lipinski definition) is 5. The third-order valence-electron chi connectivity index (χ3n) is 4.69. The van der Waals surface area contributed by atoms with Crippen LogP contribution >= 0.6 is 0 Å². The summed E-state index contributed by atoms with van der Waals surface area (Å²) in [5, 5.41) is 0. The van der Waals surface area contributed by atoms with Crippen LogP contribution in [-0.4, -0.2) is 51.3 Å². The number of rotatable bonds is 6. The number of ether oxygens (including phenoxy) is 5. The van der Waals surface area contributed by atoms with E-state index < -0.39 is 6.29 Å². The lowest BCUT2D eigenvalue weighted by Crippen LogP contribution is -2.62. The van der Waals surface area contributed by atoms with Crippen molar-refractivity contribution in [3.8, 4) is 0 Å². The first-order chi connectivity index (χ1) is 11.8. The minimum Gasteiger partial charge on any atom is -0.376 e. The highest BCUT2D eigenvalue weighted by molar-refractivity contribution is 5.16. The molecule has 0 aromatic heterocycles. The summed E-state index contributed by atoms with van der Waals surface area (Å²) in [6.45, 7) is 4.26. The molecule has 0 spiro atoms. The van der Waals surface area contributed by atoms with Crippen LogP contribution in [0.25, 0.3) is 0 Å². The van der Waals surface area contributed by atoms with E-state index in [0.29, 0.717) is 6.61 Å². The summed E-state index contributed by atoms with van der Waals surface area (Å²) >= 11 is 0. The van der Waals surface area contributed by atoms with E-state index in [0.717, 1.165) is 18.4 Å². The number of allylic oxidation sites excluding steroid dienone is 1. The van der Waals surface area contributed by atoms with Gasteiger partial charge in [-0.05, 0) is 12.8 Å². The van der Waals surface area contributed by atoms with Crippen molar-refractivity contribution in [3.63, 3.8) is 0 Å². The van der Waals surface area contributed by atoms with Crippen LogP contribution in [0.3, 0.4) is 0 Å². The lowest BCUT2D eigenvalue weighted by Gasteiger charge is -2.48. The van der Waals surface area contributed by atoms with E-state index in [1.807, 2.05) is 36.4 Å². The summed E-state index contributed by atoms with van der Waals surface area (Å²) in [5.74, 6) is 0. The molecule has 5 heteroatoms. The predicted molar refractivity (Wildman–Crippen MR) is 89.7 cm³/mol. The SMILES string of the molecule is C=CCC[C@@H]1O[C@@H]2CO[C@@H](c3ccccc3)O[C@H]2[C@H](OC)[C@H]1OC. The fourth-order valence-corrected chi connectivity index (χ4v) is 3.51. The molecule has 24 heavy (non-hydrogen) atoms. The van der Waals surface area contributed by atoms with Gasteiger partial charge in [-0.25, -0.2) is 0 Å². The van der Waals surface area contributed by atoms with Crippen LogP contribution in [0.1, 0.15) is 24.7 Å². The van der Waals surface area contributed by atoms with Gasteiger partial charge in [-0.2, -0.15) is 0 Å². The second kappa shape index (κ2) is 8.23. The summed E-state index contributed by atoms with van der Waals surface area (Å²) < 4.78 is 29.7. The van der Waals surface area contributed by atoms with E-state index in [2.05, 4.69) is 6.58 Å². The normalized spacial score (nSPS) is 36.1. The first kappa shape index (κ1) is 17.6. The van der Waals surface area contributed by atoms with Crippen molar-refractivity contribution in [2.45, 2.75) is 49.7 Å². The van der Waals surface area contributed by atoms with Crippen LogP contribution in [-0.2, 0) is 23.7 Å². The van der Waals surface area contributed by atoms with Crippen molar-refractivity contribution in [1.82, 2.24) is 0 Å². The number of methoxy groups -OCH3 is 2. The molecule has 0 unspecified atom stereocenters. The van der Waals surface area contributed by atoms with Crippen LogP contribution in [0.4, 0.5) is 0 Å². The molecular formula is C19H26O5. The molecule has 0 radical (unpaired) electrons. The van der Waals surface area contributed by atoms with E-state index in [9.17, 15) is 0 Å². The summed E-state index contributed by atoms with van der Waals surface area (Å²) in [6, 6.07) is 9.92. The van der Waals surface area contributed by atoms with Gasteiger partial charge in [0.15, 0.2) is 6.29 Å². The molecule has 3 rings (SSSR count). The first-order valence-corrected chi connectivity index (χ1v) is 8.42. The minimum absolute atomic E-state index is 0.0559. The lowest BCUT2D eigenvalue weighted by molar-refractivity contribution is -0.333. The summed E-state index contributed by atoms with van der Waals surface area (Å²) in [5.41, 5.74) is 0.994. The highest BCUT2D eigenvalue weighted by Gasteiger charge is 2.50. The van der Waals surface area contributed by atoms with Crippen LogP contribution in [0, 0.1) is 0 Å². The Morgan fingerprint density at radius 2 is 1.88 bits per heavy atom. The molecule has 2 aliphatic heterocycles. The Hall–Kier alpha value is -1.24.